The molecule has 6 rings (SSSR count). The summed E-state index contributed by atoms with van der Waals surface area (Å²) in [7, 11) is 1.82. The van der Waals surface area contributed by atoms with E-state index in [1.165, 1.54) is 0 Å². The van der Waals surface area contributed by atoms with Gasteiger partial charge in [0.15, 0.2) is 11.5 Å². The number of hydrogen-bond acceptors (Lipinski definition) is 6. The van der Waals surface area contributed by atoms with E-state index in [9.17, 15) is 15.0 Å². The van der Waals surface area contributed by atoms with E-state index in [1.807, 2.05) is 13.1 Å². The van der Waals surface area contributed by atoms with E-state index >= 15 is 0 Å². The number of carbonyl (C=O) groups excluding carboxylic acids is 1. The van der Waals surface area contributed by atoms with Crippen LogP contribution in [0.15, 0.2) is 41.2 Å². The molecule has 186 valence electrons. The summed E-state index contributed by atoms with van der Waals surface area (Å²) in [5.74, 6) is 0.511. The van der Waals surface area contributed by atoms with Crippen LogP contribution in [0.2, 0.25) is 0 Å². The van der Waals surface area contributed by atoms with Crippen molar-refractivity contribution in [3.05, 3.63) is 53.5 Å². The fourth-order valence-corrected chi connectivity index (χ4v) is 7.45. The Bertz CT molecular complexity index is 1160. The Labute approximate surface area is 206 Å². The number of furan rings is 1. The number of phenols is 1. The van der Waals surface area contributed by atoms with Gasteiger partial charge in [0, 0.05) is 30.3 Å². The van der Waals surface area contributed by atoms with Gasteiger partial charge in [-0.1, -0.05) is 19.4 Å². The molecule has 2 aromatic rings. The zero-order chi connectivity index (χ0) is 24.4. The molecule has 2 N–H and O–H groups in total. The second kappa shape index (κ2) is 8.14. The second-order valence-corrected chi connectivity index (χ2v) is 10.7. The zero-order valence-corrected chi connectivity index (χ0v) is 20.4. The van der Waals surface area contributed by atoms with Crippen LogP contribution in [0.25, 0.3) is 6.08 Å². The van der Waals surface area contributed by atoms with Crippen LogP contribution in [0.5, 0.6) is 11.5 Å². The summed E-state index contributed by atoms with van der Waals surface area (Å²) in [5, 5.41) is 23.3. The average molecular weight is 479 g/mol. The molecule has 1 amide bonds. The lowest BCUT2D eigenvalue weighted by molar-refractivity contribution is -0.199. The maximum absolute atomic E-state index is 13.2. The number of nitrogens with zero attached hydrogens (tertiary/aromatic N) is 2. The number of likely N-dealkylation sites (N-methyl/N-ethyl adjacent to an activating group) is 1. The van der Waals surface area contributed by atoms with Crippen LogP contribution < -0.4 is 4.74 Å². The van der Waals surface area contributed by atoms with Crippen LogP contribution in [0.1, 0.15) is 55.7 Å². The number of piperidine rings is 1. The Morgan fingerprint density at radius 3 is 2.94 bits per heavy atom. The molecule has 0 radical (unpaired) electrons. The van der Waals surface area contributed by atoms with E-state index in [-0.39, 0.29) is 23.7 Å². The smallest absolute Gasteiger partial charge is 0.246 e. The SMILES string of the molecule is CCCCN1CC[C@]23c4c5ccc(O)c4OC2C(N(C)C(=O)/C=C/c2ccoc2)CC[C@@]3(O)[C@H]1C5. The molecule has 1 saturated carbocycles. The van der Waals surface area contributed by atoms with Crippen molar-refractivity contribution in [2.45, 2.75) is 74.7 Å². The van der Waals surface area contributed by atoms with Gasteiger partial charge in [-0.3, -0.25) is 9.69 Å². The Balaban J connectivity index is 1.39. The summed E-state index contributed by atoms with van der Waals surface area (Å²) in [6.07, 6.45) is 11.1. The molecular formula is C28H34N2O5. The minimum atomic E-state index is -0.956. The first-order valence-electron chi connectivity index (χ1n) is 12.9. The predicted octanol–water partition coefficient (Wildman–Crippen LogP) is 3.48. The van der Waals surface area contributed by atoms with Gasteiger partial charge in [0.1, 0.15) is 6.10 Å². The van der Waals surface area contributed by atoms with E-state index in [4.69, 9.17) is 9.15 Å². The number of amides is 1. The maximum Gasteiger partial charge on any atom is 0.246 e. The van der Waals surface area contributed by atoms with E-state index < -0.39 is 17.1 Å². The van der Waals surface area contributed by atoms with Gasteiger partial charge in [-0.25, -0.2) is 0 Å². The van der Waals surface area contributed by atoms with Crippen molar-refractivity contribution in [1.29, 1.82) is 0 Å². The van der Waals surface area contributed by atoms with Crippen molar-refractivity contribution in [3.63, 3.8) is 0 Å². The van der Waals surface area contributed by atoms with Crippen LogP contribution >= 0.6 is 0 Å². The van der Waals surface area contributed by atoms with Gasteiger partial charge in [-0.2, -0.15) is 0 Å². The van der Waals surface area contributed by atoms with Gasteiger partial charge < -0.3 is 24.3 Å². The molecule has 2 aliphatic heterocycles. The molecule has 2 bridgehead atoms. The van der Waals surface area contributed by atoms with Crippen LogP contribution in [0, 0.1) is 0 Å². The van der Waals surface area contributed by atoms with Crippen molar-refractivity contribution < 1.29 is 24.2 Å². The molecular weight excluding hydrogens is 444 g/mol. The fourth-order valence-electron chi connectivity index (χ4n) is 7.45. The standard InChI is InChI=1S/C28H34N2O5/c1-3-4-13-30-14-12-27-24-19-6-7-21(31)25(24)35-26(27)20(9-11-28(27,33)22(30)16-19)29(2)23(32)8-5-18-10-15-34-17-18/h5-8,10,15,17,20,22,26,31,33H,3-4,9,11-14,16H2,1-2H3/b8-5+/t20?,22-,26?,27+,28-/m1/s1. The predicted molar refractivity (Wildman–Crippen MR) is 131 cm³/mol. The number of rotatable bonds is 6. The highest BCUT2D eigenvalue weighted by Crippen LogP contribution is 2.65. The first-order valence-corrected chi connectivity index (χ1v) is 12.9. The summed E-state index contributed by atoms with van der Waals surface area (Å²) in [6.45, 7) is 4.06. The third kappa shape index (κ3) is 3.07. The maximum atomic E-state index is 13.2. The van der Waals surface area contributed by atoms with E-state index in [0.717, 1.165) is 55.5 Å². The van der Waals surface area contributed by atoms with Gasteiger partial charge in [-0.15, -0.1) is 0 Å². The van der Waals surface area contributed by atoms with Crippen LogP contribution in [0.4, 0.5) is 0 Å². The Morgan fingerprint density at radius 2 is 2.17 bits per heavy atom. The normalized spacial score (nSPS) is 32.9. The molecule has 1 saturated heterocycles. The number of aliphatic hydroxyl groups is 1. The van der Waals surface area contributed by atoms with Gasteiger partial charge in [0.2, 0.25) is 5.91 Å². The molecule has 2 unspecified atom stereocenters. The highest BCUT2D eigenvalue weighted by atomic mass is 16.5. The van der Waals surface area contributed by atoms with Gasteiger partial charge >= 0.3 is 0 Å². The molecule has 2 aliphatic carbocycles. The van der Waals surface area contributed by atoms with E-state index in [1.54, 1.807) is 41.7 Å². The number of hydrogen-bond donors (Lipinski definition) is 2. The molecule has 35 heavy (non-hydrogen) atoms. The third-order valence-electron chi connectivity index (χ3n) is 9.15. The molecule has 2 fully saturated rings. The Kier molecular flexibility index (Phi) is 5.27. The van der Waals surface area contributed by atoms with Gasteiger partial charge in [0.25, 0.3) is 0 Å². The van der Waals surface area contributed by atoms with Crippen molar-refractivity contribution in [1.82, 2.24) is 9.80 Å². The summed E-state index contributed by atoms with van der Waals surface area (Å²) >= 11 is 0. The second-order valence-electron chi connectivity index (χ2n) is 10.7. The minimum Gasteiger partial charge on any atom is -0.504 e. The monoisotopic (exact) mass is 478 g/mol. The number of carbonyl (C=O) groups is 1. The summed E-state index contributed by atoms with van der Waals surface area (Å²) in [4.78, 5) is 17.4. The molecule has 5 atom stereocenters. The highest BCUT2D eigenvalue weighted by Gasteiger charge is 2.73. The number of ether oxygens (including phenoxy) is 1. The molecule has 3 heterocycles. The topological polar surface area (TPSA) is 86.4 Å². The van der Waals surface area contributed by atoms with Crippen molar-refractivity contribution in [3.8, 4) is 11.5 Å². The summed E-state index contributed by atoms with van der Waals surface area (Å²) < 4.78 is 11.7. The lowest BCUT2D eigenvalue weighted by atomic mass is 9.48. The lowest BCUT2D eigenvalue weighted by Crippen LogP contribution is -2.78. The number of aromatic hydroxyl groups is 1. The van der Waals surface area contributed by atoms with Crippen molar-refractivity contribution in [2.75, 3.05) is 20.1 Å². The molecule has 1 aromatic carbocycles. The first kappa shape index (κ1) is 22.7. The number of phenolic OH excluding ortho intramolecular Hbond substituents is 1. The third-order valence-corrected chi connectivity index (χ3v) is 9.15. The summed E-state index contributed by atoms with van der Waals surface area (Å²) in [5.41, 5.74) is 1.38. The Hall–Kier alpha value is -2.77. The van der Waals surface area contributed by atoms with Crippen LogP contribution in [0.3, 0.4) is 0 Å². The van der Waals surface area contributed by atoms with Gasteiger partial charge in [-0.05, 0) is 69.0 Å². The van der Waals surface area contributed by atoms with Crippen LogP contribution in [-0.4, -0.2) is 69.8 Å². The fraction of sp³-hybridized carbons (Fsp3) is 0.536. The molecule has 1 aromatic heterocycles. The van der Waals surface area contributed by atoms with Crippen LogP contribution in [-0.2, 0) is 16.6 Å². The largest absolute Gasteiger partial charge is 0.504 e. The molecule has 7 heteroatoms. The zero-order valence-electron chi connectivity index (χ0n) is 20.4. The average Bonchev–Trinajstić information content (AvgIpc) is 3.49. The number of likely N-dealkylation sites (tertiary alicyclic amines) is 1. The molecule has 1 spiro atoms. The van der Waals surface area contributed by atoms with Gasteiger partial charge in [0.05, 0.1) is 29.6 Å². The lowest BCUT2D eigenvalue weighted by Gasteiger charge is -2.64. The van der Waals surface area contributed by atoms with Crippen molar-refractivity contribution >= 4 is 12.0 Å². The Morgan fingerprint density at radius 1 is 1.31 bits per heavy atom. The first-order chi connectivity index (χ1) is 16.9. The van der Waals surface area contributed by atoms with E-state index in [2.05, 4.69) is 11.8 Å². The molecule has 4 aliphatic rings. The highest BCUT2D eigenvalue weighted by molar-refractivity contribution is 5.91. The minimum absolute atomic E-state index is 0.0137. The number of benzene rings is 1. The van der Waals surface area contributed by atoms with Crippen molar-refractivity contribution in [2.24, 2.45) is 0 Å². The summed E-state index contributed by atoms with van der Waals surface area (Å²) in [6, 6.07) is 5.33. The number of unbranched alkanes of at least 4 members (excludes halogenated alkanes) is 1. The van der Waals surface area contributed by atoms with E-state index in [0.29, 0.717) is 18.6 Å². The quantitative estimate of drug-likeness (QED) is 0.619. The molecule has 7 nitrogen and oxygen atoms in total.